The Labute approximate surface area is 151 Å². The van der Waals surface area contributed by atoms with Crippen LogP contribution in [-0.2, 0) is 11.2 Å². The average molecular weight is 358 g/mol. The summed E-state index contributed by atoms with van der Waals surface area (Å²) in [5.74, 6) is -0.0645. The van der Waals surface area contributed by atoms with Crippen molar-refractivity contribution in [3.63, 3.8) is 0 Å². The first kappa shape index (κ1) is 17.5. The van der Waals surface area contributed by atoms with Crippen LogP contribution in [0.4, 0.5) is 5.13 Å². The zero-order chi connectivity index (χ0) is 17.8. The Hall–Kier alpha value is -2.28. The summed E-state index contributed by atoms with van der Waals surface area (Å²) in [7, 11) is 0. The van der Waals surface area contributed by atoms with Gasteiger partial charge in [-0.3, -0.25) is 9.59 Å². The lowest BCUT2D eigenvalue weighted by Gasteiger charge is -2.31. The number of aromatic nitrogens is 2. The second-order valence-corrected chi connectivity index (χ2v) is 7.29. The molecule has 2 amide bonds. The number of anilines is 1. The number of benzene rings is 1. The van der Waals surface area contributed by atoms with E-state index in [1.54, 1.807) is 0 Å². The summed E-state index contributed by atoms with van der Waals surface area (Å²) >= 11 is 1.41. The average Bonchev–Trinajstić information content (AvgIpc) is 3.09. The van der Waals surface area contributed by atoms with Gasteiger partial charge < -0.3 is 10.2 Å². The number of nitrogens with zero attached hydrogens (tertiary/aromatic N) is 3. The second kappa shape index (κ2) is 7.74. The lowest BCUT2D eigenvalue weighted by Crippen LogP contribution is -2.41. The topological polar surface area (TPSA) is 75.2 Å². The molecule has 0 spiro atoms. The van der Waals surface area contributed by atoms with Crippen LogP contribution >= 0.6 is 11.3 Å². The fraction of sp³-hybridized carbons (Fsp3) is 0.444. The maximum absolute atomic E-state index is 12.6. The predicted molar refractivity (Wildman–Crippen MR) is 97.7 cm³/mol. The zero-order valence-electron chi connectivity index (χ0n) is 14.5. The highest BCUT2D eigenvalue weighted by Gasteiger charge is 2.28. The SMILES string of the molecule is CCc1nnc(NC(=O)C2CCN(C(=O)c3ccccc3C)CC2)s1. The van der Waals surface area contributed by atoms with E-state index in [1.807, 2.05) is 43.0 Å². The monoisotopic (exact) mass is 358 g/mol. The second-order valence-electron chi connectivity index (χ2n) is 6.23. The highest BCUT2D eigenvalue weighted by atomic mass is 32.1. The fourth-order valence-corrected chi connectivity index (χ4v) is 3.66. The molecule has 0 atom stereocenters. The van der Waals surface area contributed by atoms with E-state index >= 15 is 0 Å². The van der Waals surface area contributed by atoms with Gasteiger partial charge in [0.15, 0.2) is 0 Å². The van der Waals surface area contributed by atoms with Gasteiger partial charge in [-0.1, -0.05) is 36.5 Å². The van der Waals surface area contributed by atoms with E-state index in [0.29, 0.717) is 31.1 Å². The molecular weight excluding hydrogens is 336 g/mol. The van der Waals surface area contributed by atoms with E-state index in [9.17, 15) is 9.59 Å². The molecule has 1 saturated heterocycles. The van der Waals surface area contributed by atoms with Crippen LogP contribution in [0.5, 0.6) is 0 Å². The van der Waals surface area contributed by atoms with Gasteiger partial charge >= 0.3 is 0 Å². The Morgan fingerprint density at radius 2 is 1.96 bits per heavy atom. The summed E-state index contributed by atoms with van der Waals surface area (Å²) in [6.45, 7) is 5.15. The lowest BCUT2D eigenvalue weighted by molar-refractivity contribution is -0.121. The van der Waals surface area contributed by atoms with Gasteiger partial charge in [-0.15, -0.1) is 10.2 Å². The van der Waals surface area contributed by atoms with Gasteiger partial charge in [0.25, 0.3) is 5.91 Å². The molecule has 1 N–H and O–H groups in total. The third kappa shape index (κ3) is 4.04. The first-order valence-electron chi connectivity index (χ1n) is 8.56. The molecule has 2 heterocycles. The van der Waals surface area contributed by atoms with E-state index in [-0.39, 0.29) is 17.7 Å². The predicted octanol–water partition coefficient (Wildman–Crippen LogP) is 2.90. The van der Waals surface area contributed by atoms with Crippen LogP contribution in [0.2, 0.25) is 0 Å². The number of carbonyl (C=O) groups excluding carboxylic acids is 2. The van der Waals surface area contributed by atoms with Crippen molar-refractivity contribution in [1.82, 2.24) is 15.1 Å². The van der Waals surface area contributed by atoms with Crippen molar-refractivity contribution in [3.05, 3.63) is 40.4 Å². The Bertz CT molecular complexity index is 766. The van der Waals surface area contributed by atoms with Gasteiger partial charge in [0.2, 0.25) is 11.0 Å². The molecule has 0 bridgehead atoms. The highest BCUT2D eigenvalue weighted by Crippen LogP contribution is 2.23. The number of amides is 2. The first-order valence-corrected chi connectivity index (χ1v) is 9.38. The van der Waals surface area contributed by atoms with Crippen molar-refractivity contribution in [1.29, 1.82) is 0 Å². The highest BCUT2D eigenvalue weighted by molar-refractivity contribution is 7.15. The van der Waals surface area contributed by atoms with Gasteiger partial charge in [0.1, 0.15) is 5.01 Å². The van der Waals surface area contributed by atoms with Crippen LogP contribution in [0, 0.1) is 12.8 Å². The Morgan fingerprint density at radius 1 is 1.24 bits per heavy atom. The Morgan fingerprint density at radius 3 is 2.60 bits per heavy atom. The summed E-state index contributed by atoms with van der Waals surface area (Å²) in [6.07, 6.45) is 2.15. The number of nitrogens with one attached hydrogen (secondary N) is 1. The largest absolute Gasteiger partial charge is 0.339 e. The number of likely N-dealkylation sites (tertiary alicyclic amines) is 1. The smallest absolute Gasteiger partial charge is 0.254 e. The molecule has 1 aliphatic heterocycles. The standard InChI is InChI=1S/C18H22N4O2S/c1-3-15-20-21-18(25-15)19-16(23)13-8-10-22(11-9-13)17(24)14-7-5-4-6-12(14)2/h4-7,13H,3,8-11H2,1-2H3,(H,19,21,23). The van der Waals surface area contributed by atoms with Crippen molar-refractivity contribution in [2.75, 3.05) is 18.4 Å². The van der Waals surface area contributed by atoms with E-state index in [0.717, 1.165) is 22.6 Å². The van der Waals surface area contributed by atoms with Gasteiger partial charge in [-0.2, -0.15) is 0 Å². The minimum Gasteiger partial charge on any atom is -0.339 e. The molecule has 7 heteroatoms. The maximum Gasteiger partial charge on any atom is 0.254 e. The van der Waals surface area contributed by atoms with Gasteiger partial charge in [0.05, 0.1) is 0 Å². The first-order chi connectivity index (χ1) is 12.1. The van der Waals surface area contributed by atoms with Crippen LogP contribution in [0.25, 0.3) is 0 Å². The van der Waals surface area contributed by atoms with Crippen LogP contribution in [-0.4, -0.2) is 40.0 Å². The molecule has 132 valence electrons. The van der Waals surface area contributed by atoms with Crippen molar-refractivity contribution < 1.29 is 9.59 Å². The van der Waals surface area contributed by atoms with Crippen LogP contribution in [0.1, 0.15) is 40.7 Å². The third-order valence-electron chi connectivity index (χ3n) is 4.53. The molecule has 25 heavy (non-hydrogen) atoms. The fourth-order valence-electron chi connectivity index (χ4n) is 2.98. The summed E-state index contributed by atoms with van der Waals surface area (Å²) in [5.41, 5.74) is 1.72. The number of hydrogen-bond acceptors (Lipinski definition) is 5. The maximum atomic E-state index is 12.6. The van der Waals surface area contributed by atoms with Crippen LogP contribution in [0.3, 0.4) is 0 Å². The molecule has 6 nitrogen and oxygen atoms in total. The summed E-state index contributed by atoms with van der Waals surface area (Å²) < 4.78 is 0. The molecule has 0 aliphatic carbocycles. The minimum absolute atomic E-state index is 0.0261. The Balaban J connectivity index is 1.55. The number of carbonyl (C=O) groups is 2. The Kier molecular flexibility index (Phi) is 5.43. The molecule has 1 aromatic heterocycles. The van der Waals surface area contributed by atoms with Crippen molar-refractivity contribution in [2.24, 2.45) is 5.92 Å². The molecular formula is C18H22N4O2S. The van der Waals surface area contributed by atoms with Gasteiger partial charge in [-0.05, 0) is 37.8 Å². The quantitative estimate of drug-likeness (QED) is 0.912. The molecule has 1 aromatic carbocycles. The zero-order valence-corrected chi connectivity index (χ0v) is 15.3. The minimum atomic E-state index is -0.0881. The molecule has 0 radical (unpaired) electrons. The van der Waals surface area contributed by atoms with Crippen LogP contribution < -0.4 is 5.32 Å². The van der Waals surface area contributed by atoms with Gasteiger partial charge in [0, 0.05) is 24.6 Å². The number of rotatable bonds is 4. The molecule has 1 fully saturated rings. The van der Waals surface area contributed by atoms with Gasteiger partial charge in [-0.25, -0.2) is 0 Å². The van der Waals surface area contributed by atoms with Crippen LogP contribution in [0.15, 0.2) is 24.3 Å². The molecule has 1 aliphatic rings. The summed E-state index contributed by atoms with van der Waals surface area (Å²) in [6, 6.07) is 7.62. The number of aryl methyl sites for hydroxylation is 2. The van der Waals surface area contributed by atoms with Crippen molar-refractivity contribution >= 4 is 28.3 Å². The lowest BCUT2D eigenvalue weighted by atomic mass is 9.95. The number of piperidine rings is 1. The molecule has 2 aromatic rings. The van der Waals surface area contributed by atoms with E-state index in [2.05, 4.69) is 15.5 Å². The third-order valence-corrected chi connectivity index (χ3v) is 5.51. The number of hydrogen-bond donors (Lipinski definition) is 1. The molecule has 3 rings (SSSR count). The normalized spacial score (nSPS) is 15.2. The van der Waals surface area contributed by atoms with E-state index < -0.39 is 0 Å². The summed E-state index contributed by atoms with van der Waals surface area (Å²) in [5, 5.41) is 12.3. The molecule has 0 unspecified atom stereocenters. The van der Waals surface area contributed by atoms with Crippen molar-refractivity contribution in [3.8, 4) is 0 Å². The molecule has 0 saturated carbocycles. The van der Waals surface area contributed by atoms with Crippen molar-refractivity contribution in [2.45, 2.75) is 33.1 Å². The van der Waals surface area contributed by atoms with E-state index in [4.69, 9.17) is 0 Å². The summed E-state index contributed by atoms with van der Waals surface area (Å²) in [4.78, 5) is 26.9. The van der Waals surface area contributed by atoms with E-state index in [1.165, 1.54) is 11.3 Å².